The lowest BCUT2D eigenvalue weighted by Gasteiger charge is -2.38. The molecule has 5 aromatic rings. The van der Waals surface area contributed by atoms with Gasteiger partial charge in [0.2, 0.25) is 0 Å². The number of carbonyl (C=O) groups excluding carboxylic acids is 6. The number of nitrogens with zero attached hydrogens (tertiary/aromatic N) is 4. The third-order valence-electron chi connectivity index (χ3n) is 15.0. The molecule has 0 saturated carbocycles. The summed E-state index contributed by atoms with van der Waals surface area (Å²) in [6, 6.07) is 40.0. The number of carbonyl (C=O) groups is 6. The highest BCUT2D eigenvalue weighted by molar-refractivity contribution is 5.97. The first kappa shape index (κ1) is 64.8. The van der Waals surface area contributed by atoms with Crippen LogP contribution in [0.15, 0.2) is 140 Å². The summed E-state index contributed by atoms with van der Waals surface area (Å²) in [7, 11) is 0. The van der Waals surface area contributed by atoms with Gasteiger partial charge in [0.1, 0.15) is 12.4 Å². The number of anilines is 2. The maximum Gasteiger partial charge on any atom is 0.416 e. The average Bonchev–Trinajstić information content (AvgIpc) is 4.40. The van der Waals surface area contributed by atoms with E-state index in [1.54, 1.807) is 0 Å². The number of Topliss-reactive ketones (excluding diaryl/α,β-unsaturated/α-hetero) is 3. The summed E-state index contributed by atoms with van der Waals surface area (Å²) >= 11 is 0. The van der Waals surface area contributed by atoms with Crippen LogP contribution in [0.3, 0.4) is 0 Å². The third-order valence-corrected chi connectivity index (χ3v) is 15.0. The molecule has 19 heteroatoms. The Labute approximate surface area is 482 Å². The molecule has 9 rings (SSSR count). The van der Waals surface area contributed by atoms with Crippen molar-refractivity contribution < 1.29 is 59.8 Å². The molecule has 0 aliphatic carbocycles. The molecule has 0 bridgehead atoms. The molecule has 5 aromatic carbocycles. The average molecular weight is 1160 g/mol. The standard InChI is InChI=1S/2C26H30F3N3O2.C9H10O2.C3H6O/c2*27-26(28,29)21-6-4-5-20(16-21)25(34)30-17-24(33)15-19-9-12-32(18-19)23-10-13-31(14-11-23)22-7-2-1-3-8-22;1-8(10)11-7-9-5-3-2-4-6-9;1-3(2)4/h2*1-8,16,19,23H,9-15,17-18H2,(H,30,34);2-6H,7H2,1H3;1-2H3/t2*19-;;/m00../s1. The predicted molar refractivity (Wildman–Crippen MR) is 308 cm³/mol. The molecule has 0 radical (unpaired) electrons. The number of ether oxygens (including phenoxy) is 1. The molecule has 83 heavy (non-hydrogen) atoms. The van der Waals surface area contributed by atoms with Crippen molar-refractivity contribution in [3.8, 4) is 0 Å². The molecule has 4 aliphatic rings. The van der Waals surface area contributed by atoms with Gasteiger partial charge in [-0.25, -0.2) is 0 Å². The quantitative estimate of drug-likeness (QED) is 0.0718. The van der Waals surface area contributed by atoms with E-state index in [0.717, 1.165) is 121 Å². The van der Waals surface area contributed by atoms with Gasteiger partial charge < -0.3 is 30.0 Å². The highest BCUT2D eigenvalue weighted by Crippen LogP contribution is 2.33. The van der Waals surface area contributed by atoms with Gasteiger partial charge in [0.15, 0.2) is 11.6 Å². The van der Waals surface area contributed by atoms with Crippen LogP contribution in [0.1, 0.15) is 110 Å². The van der Waals surface area contributed by atoms with Crippen LogP contribution in [0.4, 0.5) is 37.7 Å². The molecular formula is C64H76F6N6O7. The maximum absolute atomic E-state index is 12.8. The smallest absolute Gasteiger partial charge is 0.416 e. The van der Waals surface area contributed by atoms with Crippen LogP contribution in [0, 0.1) is 11.8 Å². The number of piperidine rings is 2. The van der Waals surface area contributed by atoms with Crippen molar-refractivity contribution in [2.75, 3.05) is 75.2 Å². The summed E-state index contributed by atoms with van der Waals surface area (Å²) in [4.78, 5) is 78.9. The minimum atomic E-state index is -4.52. The van der Waals surface area contributed by atoms with E-state index in [-0.39, 0.29) is 59.4 Å². The molecule has 4 fully saturated rings. The predicted octanol–water partition coefficient (Wildman–Crippen LogP) is 11.1. The monoisotopic (exact) mass is 1150 g/mol. The Morgan fingerprint density at radius 1 is 0.482 bits per heavy atom. The Morgan fingerprint density at radius 2 is 0.843 bits per heavy atom. The number of hydrogen-bond donors (Lipinski definition) is 2. The van der Waals surface area contributed by atoms with Crippen molar-refractivity contribution in [2.45, 2.75) is 103 Å². The highest BCUT2D eigenvalue weighted by Gasteiger charge is 2.35. The zero-order valence-electron chi connectivity index (χ0n) is 47.4. The van der Waals surface area contributed by atoms with E-state index in [2.05, 4.69) is 78.8 Å². The van der Waals surface area contributed by atoms with Crippen LogP contribution in [0.25, 0.3) is 0 Å². The van der Waals surface area contributed by atoms with Gasteiger partial charge in [-0.3, -0.25) is 33.8 Å². The van der Waals surface area contributed by atoms with Gasteiger partial charge in [-0.2, -0.15) is 26.3 Å². The Bertz CT molecular complexity index is 2700. The van der Waals surface area contributed by atoms with E-state index in [9.17, 15) is 55.1 Å². The fraction of sp³-hybridized carbons (Fsp3) is 0.438. The second-order valence-electron chi connectivity index (χ2n) is 21.6. The fourth-order valence-electron chi connectivity index (χ4n) is 10.8. The number of para-hydroxylation sites is 2. The lowest BCUT2D eigenvalue weighted by Crippen LogP contribution is -2.44. The van der Waals surface area contributed by atoms with Crippen LogP contribution in [0.2, 0.25) is 0 Å². The number of benzene rings is 5. The highest BCUT2D eigenvalue weighted by atomic mass is 19.4. The van der Waals surface area contributed by atoms with Gasteiger partial charge >= 0.3 is 18.3 Å². The summed E-state index contributed by atoms with van der Waals surface area (Å²) in [5.41, 5.74) is 1.58. The van der Waals surface area contributed by atoms with Crippen molar-refractivity contribution in [1.29, 1.82) is 0 Å². The largest absolute Gasteiger partial charge is 0.461 e. The van der Waals surface area contributed by atoms with Crippen LogP contribution >= 0.6 is 0 Å². The fourth-order valence-corrected chi connectivity index (χ4v) is 10.8. The van der Waals surface area contributed by atoms with Crippen molar-refractivity contribution >= 4 is 46.5 Å². The van der Waals surface area contributed by atoms with Crippen LogP contribution < -0.4 is 20.4 Å². The van der Waals surface area contributed by atoms with Crippen LogP contribution in [0.5, 0.6) is 0 Å². The first-order valence-electron chi connectivity index (χ1n) is 28.3. The first-order chi connectivity index (χ1) is 39.6. The Balaban J connectivity index is 0.000000214. The zero-order valence-corrected chi connectivity index (χ0v) is 47.4. The Morgan fingerprint density at radius 3 is 1.19 bits per heavy atom. The van der Waals surface area contributed by atoms with Gasteiger partial charge in [0.25, 0.3) is 11.8 Å². The number of halogens is 6. The number of ketones is 3. The van der Waals surface area contributed by atoms with Crippen molar-refractivity contribution in [3.63, 3.8) is 0 Å². The molecule has 446 valence electrons. The third kappa shape index (κ3) is 22.0. The summed E-state index contributed by atoms with van der Waals surface area (Å²) in [6.45, 7) is 12.3. The van der Waals surface area contributed by atoms with Gasteiger partial charge in [-0.15, -0.1) is 0 Å². The molecule has 0 aromatic heterocycles. The molecule has 13 nitrogen and oxygen atoms in total. The molecule has 2 amide bonds. The lowest BCUT2D eigenvalue weighted by molar-refractivity contribution is -0.142. The lowest BCUT2D eigenvalue weighted by atomic mass is 10.0. The molecule has 2 atom stereocenters. The number of hydrogen-bond acceptors (Lipinski definition) is 11. The molecule has 0 unspecified atom stereocenters. The second-order valence-corrected chi connectivity index (χ2v) is 21.6. The van der Waals surface area contributed by atoms with Gasteiger partial charge in [0.05, 0.1) is 24.2 Å². The normalized spacial score (nSPS) is 17.8. The van der Waals surface area contributed by atoms with Gasteiger partial charge in [-0.05, 0) is 144 Å². The maximum atomic E-state index is 12.8. The molecule has 2 N–H and O–H groups in total. The SMILES string of the molecule is CC(=O)OCc1ccccc1.CC(C)=O.O=C(CNC(=O)c1cccc(C(F)(F)F)c1)C[C@@H]1CCN(C2CCN(c3ccccc3)CC2)C1.O=C(CNC(=O)c1cccc(C(F)(F)F)c1)C[C@@H]1CCN(C2CCN(c3ccccc3)CC2)C1. The van der Waals surface area contributed by atoms with Gasteiger partial charge in [0, 0.05) is 93.6 Å². The van der Waals surface area contributed by atoms with E-state index in [0.29, 0.717) is 31.5 Å². The minimum Gasteiger partial charge on any atom is -0.461 e. The summed E-state index contributed by atoms with van der Waals surface area (Å²) in [5.74, 6) is -1.09. The van der Waals surface area contributed by atoms with E-state index < -0.39 is 35.3 Å². The summed E-state index contributed by atoms with van der Waals surface area (Å²) < 4.78 is 81.9. The zero-order chi connectivity index (χ0) is 59.9. The Kier molecular flexibility index (Phi) is 24.9. The van der Waals surface area contributed by atoms with E-state index >= 15 is 0 Å². The van der Waals surface area contributed by atoms with Crippen molar-refractivity contribution in [1.82, 2.24) is 20.4 Å². The number of likely N-dealkylation sites (tertiary alicyclic amines) is 2. The minimum absolute atomic E-state index is 0.0916. The molecule has 4 saturated heterocycles. The van der Waals surface area contributed by atoms with Crippen LogP contribution in [-0.2, 0) is 42.9 Å². The second kappa shape index (κ2) is 31.9. The number of amides is 2. The number of nitrogens with one attached hydrogen (secondary N) is 2. The van der Waals surface area contributed by atoms with Crippen molar-refractivity contribution in [3.05, 3.63) is 167 Å². The van der Waals surface area contributed by atoms with Crippen molar-refractivity contribution in [2.24, 2.45) is 11.8 Å². The number of esters is 1. The van der Waals surface area contributed by atoms with Gasteiger partial charge in [-0.1, -0.05) is 78.9 Å². The molecule has 0 spiro atoms. The Hall–Kier alpha value is -7.38. The molecule has 4 aliphatic heterocycles. The first-order valence-corrected chi connectivity index (χ1v) is 28.3. The number of alkyl halides is 6. The number of rotatable bonds is 16. The van der Waals surface area contributed by atoms with Crippen LogP contribution in [-0.4, -0.2) is 122 Å². The molecular weight excluding hydrogens is 1080 g/mol. The summed E-state index contributed by atoms with van der Waals surface area (Å²) in [6.07, 6.45) is -1.98. The molecule has 4 heterocycles. The van der Waals surface area contributed by atoms with E-state index in [1.807, 2.05) is 42.5 Å². The van der Waals surface area contributed by atoms with E-state index in [4.69, 9.17) is 4.74 Å². The van der Waals surface area contributed by atoms with E-state index in [1.165, 1.54) is 56.4 Å². The summed E-state index contributed by atoms with van der Waals surface area (Å²) in [5, 5.41) is 4.94. The topological polar surface area (TPSA) is 149 Å².